The molecule has 2 rings (SSSR count). The van der Waals surface area contributed by atoms with Gasteiger partial charge in [0, 0.05) is 30.6 Å². The van der Waals surface area contributed by atoms with Crippen LogP contribution in [0, 0.1) is 0 Å². The third-order valence-corrected chi connectivity index (χ3v) is 4.54. The van der Waals surface area contributed by atoms with E-state index < -0.39 is 0 Å². The quantitative estimate of drug-likeness (QED) is 0.722. The van der Waals surface area contributed by atoms with E-state index in [0.717, 1.165) is 30.6 Å². The summed E-state index contributed by atoms with van der Waals surface area (Å²) in [6, 6.07) is 10.9. The molecule has 0 spiro atoms. The van der Waals surface area contributed by atoms with Crippen LogP contribution >= 0.6 is 27.3 Å². The van der Waals surface area contributed by atoms with Crippen LogP contribution in [0.2, 0.25) is 0 Å². The van der Waals surface area contributed by atoms with E-state index in [-0.39, 0.29) is 0 Å². The topological polar surface area (TPSA) is 21.3 Å². The first-order chi connectivity index (χ1) is 9.79. The van der Waals surface area contributed by atoms with E-state index in [1.165, 1.54) is 11.1 Å². The van der Waals surface area contributed by atoms with E-state index in [9.17, 15) is 0 Å². The Morgan fingerprint density at radius 3 is 2.70 bits per heavy atom. The molecule has 0 aliphatic heterocycles. The highest BCUT2D eigenvalue weighted by molar-refractivity contribution is 9.10. The van der Waals surface area contributed by atoms with Gasteiger partial charge in [-0.2, -0.15) is 11.3 Å². The predicted octanol–water partition coefficient (Wildman–Crippen LogP) is 4.07. The largest absolute Gasteiger partial charge is 0.383 e. The van der Waals surface area contributed by atoms with Gasteiger partial charge in [-0.15, -0.1) is 0 Å². The zero-order valence-electron chi connectivity index (χ0n) is 11.6. The van der Waals surface area contributed by atoms with Crippen LogP contribution in [0.25, 0.3) is 0 Å². The summed E-state index contributed by atoms with van der Waals surface area (Å²) in [6.45, 7) is 2.62. The van der Waals surface area contributed by atoms with Crippen molar-refractivity contribution in [3.63, 3.8) is 0 Å². The van der Waals surface area contributed by atoms with E-state index in [1.807, 2.05) is 0 Å². The molecule has 0 aliphatic rings. The molecule has 0 aliphatic carbocycles. The summed E-state index contributed by atoms with van der Waals surface area (Å²) in [4.78, 5) is 0. The van der Waals surface area contributed by atoms with Gasteiger partial charge in [0.2, 0.25) is 0 Å². The lowest BCUT2D eigenvalue weighted by atomic mass is 9.93. The molecule has 2 nitrogen and oxygen atoms in total. The van der Waals surface area contributed by atoms with Crippen molar-refractivity contribution in [3.8, 4) is 0 Å². The molecule has 2 aromatic rings. The zero-order chi connectivity index (χ0) is 14.2. The highest BCUT2D eigenvalue weighted by Crippen LogP contribution is 2.23. The minimum absolute atomic E-state index is 0.495. The summed E-state index contributed by atoms with van der Waals surface area (Å²) < 4.78 is 6.21. The minimum atomic E-state index is 0.495. The molecule has 0 bridgehead atoms. The lowest BCUT2D eigenvalue weighted by molar-refractivity contribution is 0.199. The molecule has 1 heterocycles. The van der Waals surface area contributed by atoms with Crippen molar-refractivity contribution in [2.45, 2.75) is 12.3 Å². The van der Waals surface area contributed by atoms with E-state index in [4.69, 9.17) is 4.74 Å². The Kier molecular flexibility index (Phi) is 6.73. The van der Waals surface area contributed by atoms with Crippen molar-refractivity contribution in [1.29, 1.82) is 0 Å². The van der Waals surface area contributed by atoms with Crippen LogP contribution in [-0.2, 0) is 11.2 Å². The van der Waals surface area contributed by atoms with Gasteiger partial charge in [0.15, 0.2) is 0 Å². The Hall–Kier alpha value is -0.680. The van der Waals surface area contributed by atoms with Crippen LogP contribution < -0.4 is 5.32 Å². The molecule has 0 radical (unpaired) electrons. The molecule has 108 valence electrons. The summed E-state index contributed by atoms with van der Waals surface area (Å²) in [7, 11) is 1.74. The molecule has 0 amide bonds. The van der Waals surface area contributed by atoms with Crippen LogP contribution in [-0.4, -0.2) is 26.8 Å². The average Bonchev–Trinajstić information content (AvgIpc) is 2.96. The number of halogens is 1. The summed E-state index contributed by atoms with van der Waals surface area (Å²) in [5.41, 5.74) is 2.79. The molecule has 0 saturated carbocycles. The van der Waals surface area contributed by atoms with E-state index >= 15 is 0 Å². The predicted molar refractivity (Wildman–Crippen MR) is 89.7 cm³/mol. The zero-order valence-corrected chi connectivity index (χ0v) is 14.0. The van der Waals surface area contributed by atoms with Gasteiger partial charge < -0.3 is 10.1 Å². The second kappa shape index (κ2) is 8.57. The Labute approximate surface area is 133 Å². The molecule has 1 unspecified atom stereocenters. The SMILES string of the molecule is COCCNCC(Cc1ccsc1)c1ccc(Br)cc1. The number of ether oxygens (including phenoxy) is 1. The van der Waals surface area contributed by atoms with Crippen LogP contribution in [0.5, 0.6) is 0 Å². The average molecular weight is 354 g/mol. The van der Waals surface area contributed by atoms with Gasteiger partial charge in [-0.05, 0) is 46.5 Å². The van der Waals surface area contributed by atoms with Gasteiger partial charge in [0.25, 0.3) is 0 Å². The molecule has 1 atom stereocenters. The summed E-state index contributed by atoms with van der Waals surface area (Å²) in [6.07, 6.45) is 1.07. The monoisotopic (exact) mass is 353 g/mol. The Bertz CT molecular complexity index is 484. The van der Waals surface area contributed by atoms with Gasteiger partial charge in [-0.25, -0.2) is 0 Å². The fourth-order valence-corrected chi connectivity index (χ4v) is 3.13. The van der Waals surface area contributed by atoms with Crippen molar-refractivity contribution in [3.05, 3.63) is 56.7 Å². The molecule has 1 aromatic carbocycles. The fourth-order valence-electron chi connectivity index (χ4n) is 2.19. The smallest absolute Gasteiger partial charge is 0.0587 e. The summed E-state index contributed by atoms with van der Waals surface area (Å²) >= 11 is 5.26. The van der Waals surface area contributed by atoms with Crippen molar-refractivity contribution in [2.24, 2.45) is 0 Å². The molecule has 0 saturated heterocycles. The van der Waals surface area contributed by atoms with Gasteiger partial charge in [0.1, 0.15) is 0 Å². The van der Waals surface area contributed by atoms with Crippen LogP contribution in [0.3, 0.4) is 0 Å². The van der Waals surface area contributed by atoms with Crippen molar-refractivity contribution in [1.82, 2.24) is 5.32 Å². The molecule has 0 fully saturated rings. The normalized spacial score (nSPS) is 12.5. The maximum Gasteiger partial charge on any atom is 0.0587 e. The third kappa shape index (κ3) is 5.02. The number of nitrogens with one attached hydrogen (secondary N) is 1. The lowest BCUT2D eigenvalue weighted by Crippen LogP contribution is -2.26. The fraction of sp³-hybridized carbons (Fsp3) is 0.375. The van der Waals surface area contributed by atoms with E-state index in [2.05, 4.69) is 62.3 Å². The Balaban J connectivity index is 2.00. The molecule has 1 aromatic heterocycles. The number of rotatable bonds is 8. The van der Waals surface area contributed by atoms with E-state index in [1.54, 1.807) is 18.4 Å². The molecule has 20 heavy (non-hydrogen) atoms. The number of hydrogen-bond donors (Lipinski definition) is 1. The number of methoxy groups -OCH3 is 1. The Morgan fingerprint density at radius 1 is 1.25 bits per heavy atom. The highest BCUT2D eigenvalue weighted by atomic mass is 79.9. The van der Waals surface area contributed by atoms with Gasteiger partial charge in [0.05, 0.1) is 6.61 Å². The summed E-state index contributed by atoms with van der Waals surface area (Å²) in [5, 5.41) is 7.86. The molecule has 1 N–H and O–H groups in total. The van der Waals surface area contributed by atoms with Gasteiger partial charge in [-0.1, -0.05) is 28.1 Å². The Morgan fingerprint density at radius 2 is 2.05 bits per heavy atom. The number of benzene rings is 1. The second-order valence-electron chi connectivity index (χ2n) is 4.78. The standard InChI is InChI=1S/C16H20BrNOS/c1-19-8-7-18-11-15(10-13-6-9-20-12-13)14-2-4-16(17)5-3-14/h2-6,9,12,15,18H,7-8,10-11H2,1H3. The maximum atomic E-state index is 5.08. The van der Waals surface area contributed by atoms with Crippen LogP contribution in [0.15, 0.2) is 45.6 Å². The first-order valence-electron chi connectivity index (χ1n) is 6.76. The lowest BCUT2D eigenvalue weighted by Gasteiger charge is -2.18. The molecule has 4 heteroatoms. The first kappa shape index (κ1) is 15.7. The van der Waals surface area contributed by atoms with Crippen molar-refractivity contribution >= 4 is 27.3 Å². The van der Waals surface area contributed by atoms with Crippen molar-refractivity contribution < 1.29 is 4.74 Å². The van der Waals surface area contributed by atoms with E-state index in [0.29, 0.717) is 5.92 Å². The van der Waals surface area contributed by atoms with Crippen molar-refractivity contribution in [2.75, 3.05) is 26.8 Å². The van der Waals surface area contributed by atoms with Crippen LogP contribution in [0.4, 0.5) is 0 Å². The summed E-state index contributed by atoms with van der Waals surface area (Å²) in [5.74, 6) is 0.495. The second-order valence-corrected chi connectivity index (χ2v) is 6.48. The molecular weight excluding hydrogens is 334 g/mol. The third-order valence-electron chi connectivity index (χ3n) is 3.28. The molecular formula is C16H20BrNOS. The maximum absolute atomic E-state index is 5.08. The number of thiophene rings is 1. The van der Waals surface area contributed by atoms with Crippen LogP contribution in [0.1, 0.15) is 17.0 Å². The number of hydrogen-bond acceptors (Lipinski definition) is 3. The minimum Gasteiger partial charge on any atom is -0.383 e. The van der Waals surface area contributed by atoms with Gasteiger partial charge >= 0.3 is 0 Å². The van der Waals surface area contributed by atoms with Gasteiger partial charge in [-0.3, -0.25) is 0 Å². The highest BCUT2D eigenvalue weighted by Gasteiger charge is 2.12. The first-order valence-corrected chi connectivity index (χ1v) is 8.49.